The first-order valence-corrected chi connectivity index (χ1v) is 9.78. The topological polar surface area (TPSA) is 64.4 Å². The molecule has 0 aliphatic carbocycles. The summed E-state index contributed by atoms with van der Waals surface area (Å²) in [6.07, 6.45) is 2.63. The van der Waals surface area contributed by atoms with Crippen molar-refractivity contribution < 1.29 is 9.53 Å². The van der Waals surface area contributed by atoms with Gasteiger partial charge >= 0.3 is 0 Å². The monoisotopic (exact) mass is 394 g/mol. The number of nitrogens with two attached hydrogens (primary N) is 1. The van der Waals surface area contributed by atoms with Gasteiger partial charge in [0.25, 0.3) is 0 Å². The minimum atomic E-state index is -0.485. The molecular formula is C20H27ClN2O2S. The lowest BCUT2D eigenvalue weighted by atomic mass is 10.1. The average molecular weight is 395 g/mol. The second-order valence-electron chi connectivity index (χ2n) is 6.02. The van der Waals surface area contributed by atoms with Crippen molar-refractivity contribution in [1.29, 1.82) is 0 Å². The van der Waals surface area contributed by atoms with E-state index in [1.54, 1.807) is 11.8 Å². The maximum Gasteiger partial charge on any atom is 0.241 e. The number of nitrogens with one attached hydrogen (secondary N) is 1. The lowest BCUT2D eigenvalue weighted by Gasteiger charge is -2.17. The molecule has 1 unspecified atom stereocenters. The Labute approximate surface area is 166 Å². The molecule has 142 valence electrons. The van der Waals surface area contributed by atoms with E-state index >= 15 is 0 Å². The van der Waals surface area contributed by atoms with Gasteiger partial charge in [-0.2, -0.15) is 11.8 Å². The number of ether oxygens (including phenoxy) is 1. The highest BCUT2D eigenvalue weighted by molar-refractivity contribution is 7.98. The summed E-state index contributed by atoms with van der Waals surface area (Å²) in [5, 5.41) is 2.90. The Morgan fingerprint density at radius 2 is 1.92 bits per heavy atom. The fraction of sp³-hybridized carbons (Fsp3) is 0.350. The fourth-order valence-corrected chi connectivity index (χ4v) is 2.94. The zero-order valence-corrected chi connectivity index (χ0v) is 17.0. The molecule has 0 aliphatic rings. The van der Waals surface area contributed by atoms with Crippen LogP contribution in [-0.2, 0) is 4.79 Å². The minimum Gasteiger partial charge on any atom is -0.486 e. The zero-order chi connectivity index (χ0) is 18.2. The molecule has 3 N–H and O–H groups in total. The molecule has 0 bridgehead atoms. The maximum atomic E-state index is 12.1. The number of carbonyl (C=O) groups is 1. The summed E-state index contributed by atoms with van der Waals surface area (Å²) < 4.78 is 6.00. The van der Waals surface area contributed by atoms with Crippen LogP contribution in [0.15, 0.2) is 48.5 Å². The summed E-state index contributed by atoms with van der Waals surface area (Å²) in [6.45, 7) is 3.97. The smallest absolute Gasteiger partial charge is 0.241 e. The van der Waals surface area contributed by atoms with Crippen LogP contribution in [0.1, 0.15) is 30.6 Å². The highest BCUT2D eigenvalue weighted by atomic mass is 35.5. The van der Waals surface area contributed by atoms with E-state index in [4.69, 9.17) is 10.5 Å². The van der Waals surface area contributed by atoms with Gasteiger partial charge in [0.1, 0.15) is 11.9 Å². The van der Waals surface area contributed by atoms with E-state index in [-0.39, 0.29) is 24.4 Å². The van der Waals surface area contributed by atoms with Gasteiger partial charge in [0.15, 0.2) is 0 Å². The van der Waals surface area contributed by atoms with E-state index < -0.39 is 6.04 Å². The van der Waals surface area contributed by atoms with Gasteiger partial charge in [0.05, 0.1) is 6.04 Å². The predicted molar refractivity (Wildman–Crippen MR) is 114 cm³/mol. The molecule has 1 amide bonds. The Morgan fingerprint density at radius 3 is 2.54 bits per heavy atom. The van der Waals surface area contributed by atoms with Crippen molar-refractivity contribution in [2.45, 2.75) is 32.4 Å². The summed E-state index contributed by atoms with van der Waals surface area (Å²) in [5.41, 5.74) is 8.75. The zero-order valence-electron chi connectivity index (χ0n) is 15.4. The molecule has 0 aliphatic heterocycles. The van der Waals surface area contributed by atoms with Crippen LogP contribution in [0.4, 0.5) is 5.69 Å². The number of rotatable bonds is 8. The summed E-state index contributed by atoms with van der Waals surface area (Å²) in [4.78, 5) is 12.1. The molecule has 2 atom stereocenters. The van der Waals surface area contributed by atoms with Gasteiger partial charge in [-0.15, -0.1) is 12.4 Å². The van der Waals surface area contributed by atoms with Crippen molar-refractivity contribution in [2.75, 3.05) is 17.3 Å². The van der Waals surface area contributed by atoms with Gasteiger partial charge < -0.3 is 15.8 Å². The number of aryl methyl sites for hydroxylation is 1. The largest absolute Gasteiger partial charge is 0.486 e. The van der Waals surface area contributed by atoms with Gasteiger partial charge in [0.2, 0.25) is 5.91 Å². The van der Waals surface area contributed by atoms with Crippen molar-refractivity contribution >= 4 is 35.8 Å². The molecule has 0 radical (unpaired) electrons. The van der Waals surface area contributed by atoms with Gasteiger partial charge in [-0.3, -0.25) is 4.79 Å². The Bertz CT molecular complexity index is 697. The number of thioether (sulfide) groups is 1. The molecule has 2 rings (SSSR count). The molecular weight excluding hydrogens is 368 g/mol. The first-order valence-electron chi connectivity index (χ1n) is 8.39. The van der Waals surface area contributed by atoms with Gasteiger partial charge in [-0.25, -0.2) is 0 Å². The molecule has 2 aromatic carbocycles. The lowest BCUT2D eigenvalue weighted by Crippen LogP contribution is -2.36. The van der Waals surface area contributed by atoms with Crippen molar-refractivity contribution in [3.05, 3.63) is 59.7 Å². The molecule has 0 heterocycles. The molecule has 26 heavy (non-hydrogen) atoms. The highest BCUT2D eigenvalue weighted by Gasteiger charge is 2.14. The second-order valence-corrected chi connectivity index (χ2v) is 7.01. The van der Waals surface area contributed by atoms with Gasteiger partial charge in [-0.05, 0) is 61.6 Å². The fourth-order valence-electron chi connectivity index (χ4n) is 2.45. The van der Waals surface area contributed by atoms with Gasteiger partial charge in [-0.1, -0.05) is 30.3 Å². The summed E-state index contributed by atoms with van der Waals surface area (Å²) >= 11 is 1.69. The maximum absolute atomic E-state index is 12.1. The third-order valence-electron chi connectivity index (χ3n) is 4.01. The number of halogens is 1. The molecule has 0 aromatic heterocycles. The number of carbonyl (C=O) groups excluding carboxylic acids is 1. The Hall–Kier alpha value is -1.69. The van der Waals surface area contributed by atoms with Crippen molar-refractivity contribution in [3.63, 3.8) is 0 Å². The molecule has 0 fully saturated rings. The van der Waals surface area contributed by atoms with Crippen LogP contribution in [-0.4, -0.2) is 24.0 Å². The number of benzene rings is 2. The number of anilines is 1. The number of hydrogen-bond donors (Lipinski definition) is 2. The predicted octanol–water partition coefficient (Wildman–Crippen LogP) is 4.58. The van der Waals surface area contributed by atoms with E-state index in [1.165, 1.54) is 0 Å². The molecule has 2 aromatic rings. The number of amides is 1. The highest BCUT2D eigenvalue weighted by Crippen LogP contribution is 2.26. The van der Waals surface area contributed by atoms with Crippen LogP contribution in [0.25, 0.3) is 0 Å². The van der Waals surface area contributed by atoms with Crippen LogP contribution >= 0.6 is 24.2 Å². The van der Waals surface area contributed by atoms with E-state index in [9.17, 15) is 4.79 Å². The Balaban J connectivity index is 0.00000338. The first kappa shape index (κ1) is 22.4. The third-order valence-corrected chi connectivity index (χ3v) is 4.65. The van der Waals surface area contributed by atoms with E-state index in [2.05, 4.69) is 5.32 Å². The second kappa shape index (κ2) is 11.1. The lowest BCUT2D eigenvalue weighted by molar-refractivity contribution is -0.117. The summed E-state index contributed by atoms with van der Waals surface area (Å²) in [7, 11) is 0. The van der Waals surface area contributed by atoms with Crippen LogP contribution in [0.2, 0.25) is 0 Å². The first-order chi connectivity index (χ1) is 12.0. The summed E-state index contributed by atoms with van der Waals surface area (Å²) in [6, 6.07) is 15.3. The van der Waals surface area contributed by atoms with Crippen molar-refractivity contribution in [3.8, 4) is 5.75 Å². The third kappa shape index (κ3) is 6.56. The Kier molecular flexibility index (Phi) is 9.55. The standard InChI is InChI=1S/C20H26N2O2S.ClH/c1-14-13-17(24-15(2)16-7-5-4-6-8-16)9-10-19(14)22-20(23)18(21)11-12-25-3;/h4-10,13,15,18H,11-12,21H2,1-3H3,(H,22,23);1H/t15?,18-;/m0./s1. The normalized spacial score (nSPS) is 12.6. The molecule has 6 heteroatoms. The average Bonchev–Trinajstić information content (AvgIpc) is 2.62. The van der Waals surface area contributed by atoms with Gasteiger partial charge in [0, 0.05) is 5.69 Å². The molecule has 0 saturated heterocycles. The SMILES string of the molecule is CSCC[C@H](N)C(=O)Nc1ccc(OC(C)c2ccccc2)cc1C.Cl. The van der Waals surface area contributed by atoms with Crippen LogP contribution in [0, 0.1) is 6.92 Å². The molecule has 0 spiro atoms. The van der Waals surface area contributed by atoms with E-state index in [0.29, 0.717) is 6.42 Å². The van der Waals surface area contributed by atoms with Crippen LogP contribution in [0.3, 0.4) is 0 Å². The van der Waals surface area contributed by atoms with Crippen molar-refractivity contribution in [1.82, 2.24) is 0 Å². The minimum absolute atomic E-state index is 0. The van der Waals surface area contributed by atoms with E-state index in [1.807, 2.05) is 68.6 Å². The summed E-state index contributed by atoms with van der Waals surface area (Å²) in [5.74, 6) is 1.50. The van der Waals surface area contributed by atoms with Crippen LogP contribution in [0.5, 0.6) is 5.75 Å². The van der Waals surface area contributed by atoms with Crippen LogP contribution < -0.4 is 15.8 Å². The van der Waals surface area contributed by atoms with E-state index in [0.717, 1.165) is 28.3 Å². The quantitative estimate of drug-likeness (QED) is 0.688. The molecule has 4 nitrogen and oxygen atoms in total. The number of hydrogen-bond acceptors (Lipinski definition) is 4. The molecule has 0 saturated carbocycles. The Morgan fingerprint density at radius 1 is 1.23 bits per heavy atom. The van der Waals surface area contributed by atoms with Crippen molar-refractivity contribution in [2.24, 2.45) is 5.73 Å².